The number of hydrogen-bond donors (Lipinski definition) is 2. The van der Waals surface area contributed by atoms with Crippen molar-refractivity contribution in [2.24, 2.45) is 17.6 Å². The summed E-state index contributed by atoms with van der Waals surface area (Å²) in [7, 11) is 1.82. The maximum absolute atomic E-state index is 12.5. The minimum atomic E-state index is 0.0730. The fourth-order valence-corrected chi connectivity index (χ4v) is 2.85. The number of rotatable bonds is 4. The van der Waals surface area contributed by atoms with Gasteiger partial charge in [-0.15, -0.1) is 0 Å². The van der Waals surface area contributed by atoms with Gasteiger partial charge in [0.15, 0.2) is 5.82 Å². The second-order valence-electron chi connectivity index (χ2n) is 5.42. The third-order valence-electron chi connectivity index (χ3n) is 3.93. The van der Waals surface area contributed by atoms with Crippen molar-refractivity contribution >= 4 is 5.91 Å². The molecule has 1 aliphatic rings. The Bertz CT molecular complexity index is 430. The molecule has 19 heavy (non-hydrogen) atoms. The summed E-state index contributed by atoms with van der Waals surface area (Å²) in [6, 6.07) is 0. The quantitative estimate of drug-likeness (QED) is 0.844. The number of hydrogen-bond acceptors (Lipinski definition) is 4. The van der Waals surface area contributed by atoms with Crippen LogP contribution in [0.25, 0.3) is 0 Å². The summed E-state index contributed by atoms with van der Waals surface area (Å²) in [6.07, 6.45) is 4.34. The molecule has 1 saturated carbocycles. The van der Waals surface area contributed by atoms with Crippen LogP contribution in [0.4, 0.5) is 0 Å². The fourth-order valence-electron chi connectivity index (χ4n) is 2.85. The fraction of sp³-hybridized carbons (Fsp3) is 0.769. The third kappa shape index (κ3) is 3.32. The van der Waals surface area contributed by atoms with E-state index in [1.165, 1.54) is 6.42 Å². The van der Waals surface area contributed by atoms with Crippen molar-refractivity contribution in [1.82, 2.24) is 20.1 Å². The predicted molar refractivity (Wildman–Crippen MR) is 72.1 cm³/mol. The lowest BCUT2D eigenvalue weighted by Crippen LogP contribution is -2.40. The maximum atomic E-state index is 12.5. The molecule has 0 aliphatic heterocycles. The monoisotopic (exact) mass is 265 g/mol. The lowest BCUT2D eigenvalue weighted by molar-refractivity contribution is -0.137. The molecule has 2 atom stereocenters. The molecule has 1 fully saturated rings. The van der Waals surface area contributed by atoms with Crippen LogP contribution in [0, 0.1) is 18.8 Å². The molecular weight excluding hydrogens is 242 g/mol. The van der Waals surface area contributed by atoms with Crippen LogP contribution in [-0.4, -0.2) is 39.6 Å². The van der Waals surface area contributed by atoms with Gasteiger partial charge in [-0.25, -0.2) is 4.98 Å². The normalized spacial score (nSPS) is 23.3. The lowest BCUT2D eigenvalue weighted by Gasteiger charge is -2.32. The van der Waals surface area contributed by atoms with Crippen molar-refractivity contribution in [1.29, 1.82) is 0 Å². The molecule has 2 rings (SSSR count). The first kappa shape index (κ1) is 14.0. The van der Waals surface area contributed by atoms with E-state index < -0.39 is 0 Å². The van der Waals surface area contributed by atoms with Crippen molar-refractivity contribution in [2.75, 3.05) is 13.6 Å². The number of amides is 1. The molecule has 106 valence electrons. The van der Waals surface area contributed by atoms with Crippen LogP contribution < -0.4 is 5.73 Å². The summed E-state index contributed by atoms with van der Waals surface area (Å²) in [5.74, 6) is 2.01. The maximum Gasteiger partial charge on any atom is 0.226 e. The number of aromatic amines is 1. The van der Waals surface area contributed by atoms with E-state index in [2.05, 4.69) is 15.2 Å². The van der Waals surface area contributed by atoms with Gasteiger partial charge >= 0.3 is 0 Å². The Kier molecular flexibility index (Phi) is 4.52. The number of nitrogens with two attached hydrogens (primary N) is 1. The number of aromatic nitrogens is 3. The number of H-pyrrole nitrogens is 1. The highest BCUT2D eigenvalue weighted by molar-refractivity contribution is 5.79. The molecule has 1 amide bonds. The number of aryl methyl sites for hydroxylation is 1. The Hall–Kier alpha value is -1.43. The highest BCUT2D eigenvalue weighted by Gasteiger charge is 2.32. The standard InChI is InChI=1S/C13H23N5O/c1-9-15-12(17-16-9)8-18(2)13(19)11-6-4-3-5-10(11)7-14/h10-11H,3-8,14H2,1-2H3,(H,15,16,17). The molecule has 0 aromatic carbocycles. The molecule has 0 radical (unpaired) electrons. The summed E-state index contributed by atoms with van der Waals surface area (Å²) >= 11 is 0. The summed E-state index contributed by atoms with van der Waals surface area (Å²) < 4.78 is 0. The van der Waals surface area contributed by atoms with Crippen molar-refractivity contribution < 1.29 is 4.79 Å². The van der Waals surface area contributed by atoms with E-state index in [-0.39, 0.29) is 11.8 Å². The van der Waals surface area contributed by atoms with Crippen LogP contribution in [0.1, 0.15) is 37.3 Å². The van der Waals surface area contributed by atoms with Crippen molar-refractivity contribution in [3.8, 4) is 0 Å². The highest BCUT2D eigenvalue weighted by atomic mass is 16.2. The van der Waals surface area contributed by atoms with E-state index in [9.17, 15) is 4.79 Å². The predicted octanol–water partition coefficient (Wildman–Crippen LogP) is 0.837. The van der Waals surface area contributed by atoms with Gasteiger partial charge in [-0.2, -0.15) is 5.10 Å². The SMILES string of the molecule is Cc1nc(CN(C)C(=O)C2CCCCC2CN)n[nH]1. The van der Waals surface area contributed by atoms with Crippen LogP contribution in [0.15, 0.2) is 0 Å². The van der Waals surface area contributed by atoms with E-state index in [0.717, 1.165) is 25.1 Å². The Balaban J connectivity index is 1.97. The van der Waals surface area contributed by atoms with Gasteiger partial charge in [0.2, 0.25) is 5.91 Å². The van der Waals surface area contributed by atoms with Crippen LogP contribution in [-0.2, 0) is 11.3 Å². The van der Waals surface area contributed by atoms with Crippen LogP contribution >= 0.6 is 0 Å². The van der Waals surface area contributed by atoms with E-state index in [0.29, 0.717) is 24.8 Å². The first-order chi connectivity index (χ1) is 9.11. The Morgan fingerprint density at radius 2 is 2.21 bits per heavy atom. The first-order valence-electron chi connectivity index (χ1n) is 6.94. The lowest BCUT2D eigenvalue weighted by atomic mass is 9.78. The van der Waals surface area contributed by atoms with Crippen molar-refractivity contribution in [3.05, 3.63) is 11.6 Å². The minimum absolute atomic E-state index is 0.0730. The second kappa shape index (κ2) is 6.14. The largest absolute Gasteiger partial charge is 0.338 e. The summed E-state index contributed by atoms with van der Waals surface area (Å²) in [5, 5.41) is 6.86. The molecule has 1 aliphatic carbocycles. The summed E-state index contributed by atoms with van der Waals surface area (Å²) in [6.45, 7) is 2.91. The molecular formula is C13H23N5O. The number of nitrogens with zero attached hydrogens (tertiary/aromatic N) is 3. The van der Waals surface area contributed by atoms with Crippen molar-refractivity contribution in [2.45, 2.75) is 39.2 Å². The topological polar surface area (TPSA) is 87.9 Å². The van der Waals surface area contributed by atoms with Gasteiger partial charge in [-0.1, -0.05) is 12.8 Å². The number of carbonyl (C=O) groups is 1. The molecule has 1 aromatic heterocycles. The smallest absolute Gasteiger partial charge is 0.226 e. The molecule has 1 aromatic rings. The van der Waals surface area contributed by atoms with Gasteiger partial charge in [0.25, 0.3) is 0 Å². The molecule has 3 N–H and O–H groups in total. The van der Waals surface area contributed by atoms with E-state index in [4.69, 9.17) is 5.73 Å². The van der Waals surface area contributed by atoms with Crippen LogP contribution in [0.2, 0.25) is 0 Å². The summed E-state index contributed by atoms with van der Waals surface area (Å²) in [5.41, 5.74) is 5.79. The van der Waals surface area contributed by atoms with E-state index >= 15 is 0 Å². The van der Waals surface area contributed by atoms with Gasteiger partial charge < -0.3 is 10.6 Å². The average molecular weight is 265 g/mol. The van der Waals surface area contributed by atoms with Gasteiger partial charge in [0.05, 0.1) is 6.54 Å². The zero-order chi connectivity index (χ0) is 13.8. The Morgan fingerprint density at radius 1 is 1.47 bits per heavy atom. The zero-order valence-corrected chi connectivity index (χ0v) is 11.7. The van der Waals surface area contributed by atoms with Gasteiger partial charge in [0.1, 0.15) is 5.82 Å². The molecule has 2 unspecified atom stereocenters. The van der Waals surface area contributed by atoms with Crippen LogP contribution in [0.3, 0.4) is 0 Å². The molecule has 0 bridgehead atoms. The Morgan fingerprint density at radius 3 is 2.84 bits per heavy atom. The number of carbonyl (C=O) groups excluding carboxylic acids is 1. The van der Waals surface area contributed by atoms with Gasteiger partial charge in [-0.3, -0.25) is 9.89 Å². The molecule has 0 spiro atoms. The number of nitrogens with one attached hydrogen (secondary N) is 1. The molecule has 6 heteroatoms. The molecule has 0 saturated heterocycles. The first-order valence-corrected chi connectivity index (χ1v) is 6.94. The van der Waals surface area contributed by atoms with E-state index in [1.807, 2.05) is 14.0 Å². The summed E-state index contributed by atoms with van der Waals surface area (Å²) in [4.78, 5) is 18.4. The van der Waals surface area contributed by atoms with Gasteiger partial charge in [-0.05, 0) is 32.2 Å². The zero-order valence-electron chi connectivity index (χ0n) is 11.7. The average Bonchev–Trinajstić information content (AvgIpc) is 2.83. The third-order valence-corrected chi connectivity index (χ3v) is 3.93. The molecule has 1 heterocycles. The minimum Gasteiger partial charge on any atom is -0.338 e. The Labute approximate surface area is 113 Å². The van der Waals surface area contributed by atoms with Crippen molar-refractivity contribution in [3.63, 3.8) is 0 Å². The molecule has 6 nitrogen and oxygen atoms in total. The highest BCUT2D eigenvalue weighted by Crippen LogP contribution is 2.30. The van der Waals surface area contributed by atoms with Crippen LogP contribution in [0.5, 0.6) is 0 Å². The second-order valence-corrected chi connectivity index (χ2v) is 5.42. The van der Waals surface area contributed by atoms with E-state index in [1.54, 1.807) is 4.90 Å². The van der Waals surface area contributed by atoms with Gasteiger partial charge in [0, 0.05) is 13.0 Å².